The Balaban J connectivity index is 1.21. The van der Waals surface area contributed by atoms with Crippen molar-refractivity contribution in [2.45, 2.75) is 13.3 Å². The summed E-state index contributed by atoms with van der Waals surface area (Å²) in [5.74, 6) is 0. The van der Waals surface area contributed by atoms with Crippen LogP contribution in [-0.4, -0.2) is 39.7 Å². The molecule has 40 heavy (non-hydrogen) atoms. The van der Waals surface area contributed by atoms with Gasteiger partial charge in [-0.2, -0.15) is 5.10 Å². The van der Waals surface area contributed by atoms with E-state index in [9.17, 15) is 0 Å². The lowest BCUT2D eigenvalue weighted by molar-refractivity contribution is 1.06. The molecule has 3 N–H and O–H groups in total. The van der Waals surface area contributed by atoms with Gasteiger partial charge in [0, 0.05) is 41.7 Å². The molecule has 0 saturated heterocycles. The van der Waals surface area contributed by atoms with E-state index in [1.165, 1.54) is 5.56 Å². The predicted molar refractivity (Wildman–Crippen MR) is 157 cm³/mol. The van der Waals surface area contributed by atoms with Crippen LogP contribution >= 0.6 is 0 Å². The van der Waals surface area contributed by atoms with Crippen molar-refractivity contribution in [3.8, 4) is 28.3 Å². The van der Waals surface area contributed by atoms with Crippen LogP contribution < -0.4 is 5.32 Å². The maximum Gasteiger partial charge on any atom is 0.139 e. The summed E-state index contributed by atoms with van der Waals surface area (Å²) in [6.45, 7) is 6.16. The summed E-state index contributed by atoms with van der Waals surface area (Å²) in [5, 5.41) is 12.1. The molecule has 0 aliphatic heterocycles. The maximum absolute atomic E-state index is 4.98. The van der Waals surface area contributed by atoms with Gasteiger partial charge in [-0.1, -0.05) is 36.9 Å². The Morgan fingerprint density at radius 2 is 1.93 bits per heavy atom. The SMILES string of the molecule is C=C(Cc1ccccc1)Nc1cncc(-c2ccc3[nH]nc(-c4cc5c(-n6cnc(C)c6)ccnc5[nH]4)c3n2)c1. The second-order valence-corrected chi connectivity index (χ2v) is 9.72. The first-order valence-electron chi connectivity index (χ1n) is 12.9. The highest BCUT2D eigenvalue weighted by molar-refractivity contribution is 5.95. The number of nitrogens with zero attached hydrogens (tertiary/aromatic N) is 6. The van der Waals surface area contributed by atoms with Gasteiger partial charge in [-0.15, -0.1) is 0 Å². The maximum atomic E-state index is 4.98. The summed E-state index contributed by atoms with van der Waals surface area (Å²) < 4.78 is 2.00. The number of fused-ring (bicyclic) bond motifs is 2. The standard InChI is InChI=1S/C31H25N9/c1-19(12-21-6-4-3-5-7-21)35-23-13-22(15-32-16-23)25-8-9-26-29(36-25)30(39-38-26)27-14-24-28(10-11-33-31(24)37-27)40-17-20(2)34-18-40/h3-11,13-18,35H,1,12H2,2H3,(H,33,37)(H,38,39). The van der Waals surface area contributed by atoms with E-state index in [-0.39, 0.29) is 0 Å². The van der Waals surface area contributed by atoms with Crippen molar-refractivity contribution >= 4 is 27.8 Å². The highest BCUT2D eigenvalue weighted by atomic mass is 15.1. The van der Waals surface area contributed by atoms with Crippen molar-refractivity contribution in [1.29, 1.82) is 0 Å². The molecule has 0 atom stereocenters. The van der Waals surface area contributed by atoms with Crippen molar-refractivity contribution in [3.05, 3.63) is 115 Å². The van der Waals surface area contributed by atoms with Crippen molar-refractivity contribution in [1.82, 2.24) is 39.7 Å². The Morgan fingerprint density at radius 3 is 2.77 bits per heavy atom. The van der Waals surface area contributed by atoms with Gasteiger partial charge in [0.2, 0.25) is 0 Å². The van der Waals surface area contributed by atoms with E-state index in [0.717, 1.165) is 73.9 Å². The number of pyridine rings is 3. The minimum absolute atomic E-state index is 0.723. The average molecular weight is 524 g/mol. The molecule has 1 aromatic carbocycles. The zero-order valence-electron chi connectivity index (χ0n) is 21.8. The summed E-state index contributed by atoms with van der Waals surface area (Å²) in [5.41, 5.74) is 10.5. The number of imidazole rings is 1. The monoisotopic (exact) mass is 523 g/mol. The lowest BCUT2D eigenvalue weighted by Gasteiger charge is -2.11. The Labute approximate surface area is 229 Å². The van der Waals surface area contributed by atoms with E-state index in [2.05, 4.69) is 60.2 Å². The van der Waals surface area contributed by atoms with Crippen molar-refractivity contribution in [2.24, 2.45) is 0 Å². The Kier molecular flexibility index (Phi) is 5.67. The molecular weight excluding hydrogens is 498 g/mol. The second kappa shape index (κ2) is 9.63. The Morgan fingerprint density at radius 1 is 1.02 bits per heavy atom. The number of benzene rings is 1. The van der Waals surface area contributed by atoms with E-state index >= 15 is 0 Å². The smallest absolute Gasteiger partial charge is 0.139 e. The van der Waals surface area contributed by atoms with E-state index in [1.807, 2.05) is 72.7 Å². The summed E-state index contributed by atoms with van der Waals surface area (Å²) in [6, 6.07) is 20.3. The van der Waals surface area contributed by atoms with Gasteiger partial charge in [-0.3, -0.25) is 10.1 Å². The van der Waals surface area contributed by atoms with Gasteiger partial charge in [-0.25, -0.2) is 15.0 Å². The van der Waals surface area contributed by atoms with E-state index < -0.39 is 0 Å². The lowest BCUT2D eigenvalue weighted by atomic mass is 10.1. The van der Waals surface area contributed by atoms with Crippen LogP contribution in [0.3, 0.4) is 0 Å². The Hall–Kier alpha value is -5.57. The number of aromatic nitrogens is 8. The lowest BCUT2D eigenvalue weighted by Crippen LogP contribution is -2.02. The number of hydrogen-bond donors (Lipinski definition) is 3. The summed E-state index contributed by atoms with van der Waals surface area (Å²) >= 11 is 0. The first kappa shape index (κ1) is 23.5. The molecule has 0 aliphatic carbocycles. The molecule has 0 amide bonds. The van der Waals surface area contributed by atoms with Gasteiger partial charge >= 0.3 is 0 Å². The third-order valence-corrected chi connectivity index (χ3v) is 6.78. The van der Waals surface area contributed by atoms with Crippen LogP contribution in [0.15, 0.2) is 104 Å². The quantitative estimate of drug-likeness (QED) is 0.228. The highest BCUT2D eigenvalue weighted by Gasteiger charge is 2.16. The van der Waals surface area contributed by atoms with Gasteiger partial charge in [0.15, 0.2) is 0 Å². The van der Waals surface area contributed by atoms with E-state index in [4.69, 9.17) is 4.98 Å². The predicted octanol–water partition coefficient (Wildman–Crippen LogP) is 6.23. The molecule has 0 radical (unpaired) electrons. The average Bonchev–Trinajstić information content (AvgIpc) is 3.71. The second-order valence-electron chi connectivity index (χ2n) is 9.72. The third kappa shape index (κ3) is 4.39. The summed E-state index contributed by atoms with van der Waals surface area (Å²) in [6.07, 6.45) is 9.92. The molecule has 7 rings (SSSR count). The molecule has 6 heterocycles. The molecule has 0 unspecified atom stereocenters. The minimum Gasteiger partial charge on any atom is -0.358 e. The van der Waals surface area contributed by atoms with Crippen LogP contribution in [0.25, 0.3) is 50.4 Å². The molecule has 0 aliphatic rings. The van der Waals surface area contributed by atoms with Gasteiger partial charge in [0.1, 0.15) is 16.9 Å². The molecule has 6 aromatic heterocycles. The van der Waals surface area contributed by atoms with E-state index in [0.29, 0.717) is 0 Å². The van der Waals surface area contributed by atoms with Gasteiger partial charge in [0.05, 0.1) is 46.5 Å². The number of H-pyrrole nitrogens is 2. The first-order chi connectivity index (χ1) is 19.6. The van der Waals surface area contributed by atoms with Crippen molar-refractivity contribution < 1.29 is 0 Å². The van der Waals surface area contributed by atoms with Crippen LogP contribution in [-0.2, 0) is 6.42 Å². The topological polar surface area (TPSA) is 113 Å². The molecule has 9 nitrogen and oxygen atoms in total. The van der Waals surface area contributed by atoms with E-state index in [1.54, 1.807) is 12.4 Å². The number of allylic oxidation sites excluding steroid dienone is 1. The van der Waals surface area contributed by atoms with Gasteiger partial charge < -0.3 is 14.9 Å². The zero-order valence-corrected chi connectivity index (χ0v) is 21.8. The summed E-state index contributed by atoms with van der Waals surface area (Å²) in [7, 11) is 0. The molecule has 0 saturated carbocycles. The Bertz CT molecular complexity index is 2000. The van der Waals surface area contributed by atoms with Crippen molar-refractivity contribution in [2.75, 3.05) is 5.32 Å². The van der Waals surface area contributed by atoms with Crippen LogP contribution in [0.1, 0.15) is 11.3 Å². The molecule has 194 valence electrons. The molecule has 9 heteroatoms. The minimum atomic E-state index is 0.723. The van der Waals surface area contributed by atoms with Crippen LogP contribution in [0, 0.1) is 6.92 Å². The van der Waals surface area contributed by atoms with Crippen molar-refractivity contribution in [3.63, 3.8) is 0 Å². The number of rotatable bonds is 7. The molecule has 0 bridgehead atoms. The number of aromatic amines is 2. The van der Waals surface area contributed by atoms with Crippen LogP contribution in [0.2, 0.25) is 0 Å². The van der Waals surface area contributed by atoms with Gasteiger partial charge in [-0.05, 0) is 42.8 Å². The fourth-order valence-corrected chi connectivity index (χ4v) is 4.91. The fraction of sp³-hybridized carbons (Fsp3) is 0.0645. The largest absolute Gasteiger partial charge is 0.358 e. The number of aryl methyl sites for hydroxylation is 1. The molecule has 7 aromatic rings. The molecule has 0 fully saturated rings. The number of hydrogen-bond acceptors (Lipinski definition) is 6. The molecule has 0 spiro atoms. The zero-order chi connectivity index (χ0) is 27.1. The van der Waals surface area contributed by atoms with Gasteiger partial charge in [0.25, 0.3) is 0 Å². The summed E-state index contributed by atoms with van der Waals surface area (Å²) in [4.78, 5) is 21.8. The third-order valence-electron chi connectivity index (χ3n) is 6.78. The highest BCUT2D eigenvalue weighted by Crippen LogP contribution is 2.31. The molecular formula is C31H25N9. The number of nitrogens with one attached hydrogen (secondary N) is 3. The number of anilines is 1. The van der Waals surface area contributed by atoms with Crippen LogP contribution in [0.4, 0.5) is 5.69 Å². The first-order valence-corrected chi connectivity index (χ1v) is 12.9. The fourth-order valence-electron chi connectivity index (χ4n) is 4.91. The normalized spacial score (nSPS) is 11.3. The van der Waals surface area contributed by atoms with Crippen LogP contribution in [0.5, 0.6) is 0 Å².